The molecule has 3 rings (SSSR count). The highest BCUT2D eigenvalue weighted by atomic mass is 19.1. The fourth-order valence-electron chi connectivity index (χ4n) is 4.03. The van der Waals surface area contributed by atoms with Crippen molar-refractivity contribution in [2.75, 3.05) is 13.1 Å². The summed E-state index contributed by atoms with van der Waals surface area (Å²) in [6.45, 7) is 6.80. The summed E-state index contributed by atoms with van der Waals surface area (Å²) in [5.41, 5.74) is 2.31. The number of likely N-dealkylation sites (N-methyl/N-ethyl adjacent to an activating group) is 1. The zero-order valence-electron chi connectivity index (χ0n) is 19.8. The Hall–Kier alpha value is -3.67. The van der Waals surface area contributed by atoms with Crippen LogP contribution in [0.5, 0.6) is 5.75 Å². The van der Waals surface area contributed by atoms with Crippen LogP contribution in [0.25, 0.3) is 11.1 Å². The van der Waals surface area contributed by atoms with Gasteiger partial charge in [0.2, 0.25) is 5.91 Å². The van der Waals surface area contributed by atoms with E-state index in [0.29, 0.717) is 31.0 Å². The number of benzene rings is 3. The quantitative estimate of drug-likeness (QED) is 0.421. The van der Waals surface area contributed by atoms with E-state index in [1.807, 2.05) is 38.1 Å². The molecule has 0 aliphatic heterocycles. The number of nitrogens with zero attached hydrogens (tertiary/aromatic N) is 1. The maximum Gasteiger partial charge on any atom is 0.304 e. The van der Waals surface area contributed by atoms with Gasteiger partial charge in [-0.3, -0.25) is 9.59 Å². The molecule has 0 saturated carbocycles. The van der Waals surface area contributed by atoms with Crippen LogP contribution >= 0.6 is 0 Å². The third-order valence-corrected chi connectivity index (χ3v) is 6.03. The number of amides is 1. The molecule has 1 unspecified atom stereocenters. The van der Waals surface area contributed by atoms with E-state index in [1.165, 1.54) is 12.1 Å². The number of carboxylic acid groups (broad SMARTS) is 1. The molecular weight excluding hydrogens is 433 g/mol. The fourth-order valence-corrected chi connectivity index (χ4v) is 4.03. The maximum absolute atomic E-state index is 13.2. The van der Waals surface area contributed by atoms with Gasteiger partial charge < -0.3 is 14.7 Å². The van der Waals surface area contributed by atoms with Crippen LogP contribution in [0, 0.1) is 5.82 Å². The number of carboxylic acids is 1. The molecule has 0 spiro atoms. The lowest BCUT2D eigenvalue weighted by atomic mass is 9.78. The Morgan fingerprint density at radius 3 is 2.18 bits per heavy atom. The Bertz CT molecular complexity index is 1120. The van der Waals surface area contributed by atoms with E-state index < -0.39 is 11.4 Å². The molecule has 0 saturated heterocycles. The van der Waals surface area contributed by atoms with Gasteiger partial charge in [-0.05, 0) is 73.4 Å². The molecule has 0 radical (unpaired) electrons. The number of hydrogen-bond donors (Lipinski definition) is 1. The van der Waals surface area contributed by atoms with Gasteiger partial charge in [0.05, 0.1) is 11.8 Å². The molecular formula is C28H30FNO4. The lowest BCUT2D eigenvalue weighted by Crippen LogP contribution is -2.46. The minimum absolute atomic E-state index is 0.203. The van der Waals surface area contributed by atoms with Crippen molar-refractivity contribution in [3.63, 3.8) is 0 Å². The molecule has 0 bridgehead atoms. The van der Waals surface area contributed by atoms with Crippen LogP contribution < -0.4 is 4.74 Å². The predicted molar refractivity (Wildman–Crippen MR) is 130 cm³/mol. The number of ether oxygens (including phenoxy) is 1. The molecule has 1 N–H and O–H groups in total. The van der Waals surface area contributed by atoms with Gasteiger partial charge >= 0.3 is 5.97 Å². The van der Waals surface area contributed by atoms with Gasteiger partial charge in [-0.15, -0.1) is 0 Å². The number of aliphatic carboxylic acids is 1. The normalized spacial score (nSPS) is 12.6. The minimum Gasteiger partial charge on any atom is -0.489 e. The second-order valence-corrected chi connectivity index (χ2v) is 8.40. The molecule has 178 valence electrons. The van der Waals surface area contributed by atoms with Crippen molar-refractivity contribution in [2.24, 2.45) is 0 Å². The van der Waals surface area contributed by atoms with Crippen LogP contribution in [-0.2, 0) is 21.6 Å². The minimum atomic E-state index is -1.17. The highest BCUT2D eigenvalue weighted by molar-refractivity contribution is 5.91. The van der Waals surface area contributed by atoms with E-state index in [0.717, 1.165) is 16.7 Å². The van der Waals surface area contributed by atoms with Crippen molar-refractivity contribution in [3.05, 3.63) is 89.7 Å². The van der Waals surface area contributed by atoms with Crippen molar-refractivity contribution in [2.45, 2.75) is 39.2 Å². The van der Waals surface area contributed by atoms with E-state index in [2.05, 4.69) is 0 Å². The molecule has 5 nitrogen and oxygen atoms in total. The molecule has 34 heavy (non-hydrogen) atoms. The third-order valence-electron chi connectivity index (χ3n) is 6.03. The van der Waals surface area contributed by atoms with E-state index in [1.54, 1.807) is 48.2 Å². The number of rotatable bonds is 10. The lowest BCUT2D eigenvalue weighted by Gasteiger charge is -2.33. The summed E-state index contributed by atoms with van der Waals surface area (Å²) < 4.78 is 19.1. The van der Waals surface area contributed by atoms with Gasteiger partial charge in [-0.2, -0.15) is 0 Å². The summed E-state index contributed by atoms with van der Waals surface area (Å²) in [5, 5.41) is 9.46. The first kappa shape index (κ1) is 25.0. The standard InChI is InChI=1S/C28H30FNO4/c1-4-30(5-2)27(33)28(3,18-26(31)32)23-11-15-25(16-12-23)34-19-20-7-6-8-22(17-20)21-9-13-24(29)14-10-21/h6-17H,4-5,18-19H2,1-3H3,(H,31,32). The van der Waals surface area contributed by atoms with Crippen LogP contribution in [0.4, 0.5) is 4.39 Å². The highest BCUT2D eigenvalue weighted by Crippen LogP contribution is 2.32. The topological polar surface area (TPSA) is 66.8 Å². The molecule has 0 fully saturated rings. The summed E-state index contributed by atoms with van der Waals surface area (Å²) in [4.78, 5) is 26.3. The van der Waals surface area contributed by atoms with Gasteiger partial charge in [0.1, 0.15) is 18.2 Å². The maximum atomic E-state index is 13.2. The van der Waals surface area contributed by atoms with Crippen LogP contribution in [0.15, 0.2) is 72.8 Å². The first-order valence-electron chi connectivity index (χ1n) is 11.4. The molecule has 1 amide bonds. The zero-order chi connectivity index (χ0) is 24.7. The molecule has 0 heterocycles. The number of carbonyl (C=O) groups is 2. The Morgan fingerprint density at radius 2 is 1.59 bits per heavy atom. The van der Waals surface area contributed by atoms with E-state index in [-0.39, 0.29) is 18.1 Å². The third kappa shape index (κ3) is 5.81. The molecule has 0 aliphatic rings. The van der Waals surface area contributed by atoms with Crippen LogP contribution in [0.2, 0.25) is 0 Å². The number of carbonyl (C=O) groups excluding carboxylic acids is 1. The smallest absolute Gasteiger partial charge is 0.304 e. The largest absolute Gasteiger partial charge is 0.489 e. The Morgan fingerprint density at radius 1 is 0.941 bits per heavy atom. The molecule has 0 aliphatic carbocycles. The first-order valence-corrected chi connectivity index (χ1v) is 11.4. The van der Waals surface area contributed by atoms with Crippen LogP contribution in [0.1, 0.15) is 38.3 Å². The molecule has 1 atom stereocenters. The summed E-state index contributed by atoms with van der Waals surface area (Å²) in [5.74, 6) is -0.885. The van der Waals surface area contributed by atoms with Crippen LogP contribution in [-0.4, -0.2) is 35.0 Å². The number of halogens is 1. The van der Waals surface area contributed by atoms with Crippen molar-refractivity contribution < 1.29 is 23.8 Å². The van der Waals surface area contributed by atoms with E-state index >= 15 is 0 Å². The van der Waals surface area contributed by atoms with E-state index in [9.17, 15) is 19.1 Å². The molecule has 3 aromatic carbocycles. The monoisotopic (exact) mass is 463 g/mol. The Labute approximate surface area is 199 Å². The van der Waals surface area contributed by atoms with Crippen molar-refractivity contribution >= 4 is 11.9 Å². The lowest BCUT2D eigenvalue weighted by molar-refractivity contribution is -0.145. The van der Waals surface area contributed by atoms with Crippen molar-refractivity contribution in [1.29, 1.82) is 0 Å². The van der Waals surface area contributed by atoms with Crippen molar-refractivity contribution in [3.8, 4) is 16.9 Å². The summed E-state index contributed by atoms with van der Waals surface area (Å²) in [6, 6.07) is 21.2. The zero-order valence-corrected chi connectivity index (χ0v) is 19.8. The van der Waals surface area contributed by atoms with Gasteiger partial charge in [-0.1, -0.05) is 42.5 Å². The van der Waals surface area contributed by atoms with Gasteiger partial charge in [0, 0.05) is 13.1 Å². The van der Waals surface area contributed by atoms with Gasteiger partial charge in [0.25, 0.3) is 0 Å². The molecule has 6 heteroatoms. The molecule has 0 aromatic heterocycles. The second kappa shape index (κ2) is 11.0. The summed E-state index contributed by atoms with van der Waals surface area (Å²) >= 11 is 0. The summed E-state index contributed by atoms with van der Waals surface area (Å²) in [6.07, 6.45) is -0.293. The Kier molecular flexibility index (Phi) is 8.05. The van der Waals surface area contributed by atoms with Crippen LogP contribution in [0.3, 0.4) is 0 Å². The predicted octanol–water partition coefficient (Wildman–Crippen LogP) is 5.67. The average Bonchev–Trinajstić information content (AvgIpc) is 2.84. The highest BCUT2D eigenvalue weighted by Gasteiger charge is 2.39. The molecule has 3 aromatic rings. The summed E-state index contributed by atoms with van der Waals surface area (Å²) in [7, 11) is 0. The van der Waals surface area contributed by atoms with Crippen molar-refractivity contribution in [1.82, 2.24) is 4.90 Å². The number of hydrogen-bond acceptors (Lipinski definition) is 3. The fraction of sp³-hybridized carbons (Fsp3) is 0.286. The average molecular weight is 464 g/mol. The first-order chi connectivity index (χ1) is 16.3. The Balaban J connectivity index is 1.75. The second-order valence-electron chi connectivity index (χ2n) is 8.40. The SMILES string of the molecule is CCN(CC)C(=O)C(C)(CC(=O)O)c1ccc(OCc2cccc(-c3ccc(F)cc3)c2)cc1. The van der Waals surface area contributed by atoms with Gasteiger partial charge in [0.15, 0.2) is 0 Å². The van der Waals surface area contributed by atoms with Gasteiger partial charge in [-0.25, -0.2) is 4.39 Å². The van der Waals surface area contributed by atoms with E-state index in [4.69, 9.17) is 4.74 Å².